The molecule has 0 aromatic carbocycles. The molecule has 0 aromatic heterocycles. The van der Waals surface area contributed by atoms with Gasteiger partial charge in [0.05, 0.1) is 6.61 Å². The van der Waals surface area contributed by atoms with Crippen molar-refractivity contribution in [3.05, 3.63) is 0 Å². The van der Waals surface area contributed by atoms with Crippen LogP contribution >= 0.6 is 8.25 Å². The van der Waals surface area contributed by atoms with E-state index in [1.807, 2.05) is 0 Å². The Morgan fingerprint density at radius 1 is 1.75 bits per heavy atom. The molecule has 66 valence electrons. The van der Waals surface area contributed by atoms with Crippen LogP contribution in [0.15, 0.2) is 0 Å². The van der Waals surface area contributed by atoms with Crippen LogP contribution in [0.5, 0.6) is 0 Å². The van der Waals surface area contributed by atoms with Gasteiger partial charge in [-0.05, 0) is 6.42 Å². The number of aliphatic hydroxyl groups excluding tert-OH is 1. The van der Waals surface area contributed by atoms with Gasteiger partial charge in [-0.2, -0.15) is 0 Å². The zero-order valence-electron chi connectivity index (χ0n) is 6.29. The maximum absolute atomic E-state index is 10.3. The quantitative estimate of drug-likeness (QED) is 0.455. The first-order valence-electron chi connectivity index (χ1n) is 3.48. The lowest BCUT2D eigenvalue weighted by atomic mass is 9.96. The zero-order chi connectivity index (χ0) is 9.14. The average molecular weight is 191 g/mol. The molecule has 0 spiro atoms. The van der Waals surface area contributed by atoms with Gasteiger partial charge in [0.2, 0.25) is 0 Å². The van der Waals surface area contributed by atoms with Gasteiger partial charge < -0.3 is 9.84 Å². The topological polar surface area (TPSA) is 76.0 Å². The zero-order valence-corrected chi connectivity index (χ0v) is 7.18. The fraction of sp³-hybridized carbons (Fsp3) is 1.00. The summed E-state index contributed by atoms with van der Waals surface area (Å²) < 4.78 is 19.8. The lowest BCUT2D eigenvalue weighted by molar-refractivity contribution is 0.00304. The highest BCUT2D eigenvalue weighted by Gasteiger charge is 2.38. The molecule has 4 atom stereocenters. The van der Waals surface area contributed by atoms with Crippen molar-refractivity contribution in [3.63, 3.8) is 0 Å². The average Bonchev–Trinajstić information content (AvgIpc) is 2.29. The molecule has 5 nitrogen and oxygen atoms in total. The second-order valence-electron chi connectivity index (χ2n) is 2.51. The van der Waals surface area contributed by atoms with E-state index in [-0.39, 0.29) is 6.61 Å². The van der Waals surface area contributed by atoms with Crippen LogP contribution in [0.1, 0.15) is 6.42 Å². The lowest BCUT2D eigenvalue weighted by Crippen LogP contribution is -2.25. The molecule has 1 aliphatic heterocycles. The summed E-state index contributed by atoms with van der Waals surface area (Å²) in [4.78, 5) is 8.42. The molecular formula is C5H9BO5P+. The van der Waals surface area contributed by atoms with E-state index in [4.69, 9.17) is 22.6 Å². The van der Waals surface area contributed by atoms with E-state index in [1.54, 1.807) is 0 Å². The summed E-state index contributed by atoms with van der Waals surface area (Å²) in [6.07, 6.45) is -0.850. The third kappa shape index (κ3) is 2.50. The standard InChI is InChI=1S/C5H8BO5P/c6-5-1-3(11-12(8)9)4(2-7)10-5/h3-5,7H,1-2H2/p+1. The van der Waals surface area contributed by atoms with Gasteiger partial charge in [-0.25, -0.2) is 0 Å². The molecule has 4 unspecified atom stereocenters. The van der Waals surface area contributed by atoms with E-state index in [0.717, 1.165) is 0 Å². The molecular weight excluding hydrogens is 182 g/mol. The van der Waals surface area contributed by atoms with Gasteiger partial charge >= 0.3 is 8.25 Å². The molecule has 12 heavy (non-hydrogen) atoms. The van der Waals surface area contributed by atoms with E-state index in [9.17, 15) is 4.57 Å². The predicted octanol–water partition coefficient (Wildman–Crippen LogP) is -0.703. The Labute approximate surface area is 72.0 Å². The monoisotopic (exact) mass is 191 g/mol. The Bertz CT molecular complexity index is 177. The fourth-order valence-electron chi connectivity index (χ4n) is 1.14. The van der Waals surface area contributed by atoms with Gasteiger partial charge in [-0.3, -0.25) is 0 Å². The Kier molecular flexibility index (Phi) is 3.62. The number of hydrogen-bond donors (Lipinski definition) is 2. The molecule has 0 aromatic rings. The summed E-state index contributed by atoms with van der Waals surface area (Å²) in [6.45, 7) is -0.262. The smallest absolute Gasteiger partial charge is 0.394 e. The first-order chi connectivity index (χ1) is 5.63. The first kappa shape index (κ1) is 10.1. The van der Waals surface area contributed by atoms with Crippen molar-refractivity contribution < 1.29 is 23.8 Å². The van der Waals surface area contributed by atoms with E-state index in [0.29, 0.717) is 6.42 Å². The fourth-order valence-corrected chi connectivity index (χ4v) is 1.59. The summed E-state index contributed by atoms with van der Waals surface area (Å²) in [5.41, 5.74) is 0. The number of rotatable bonds is 3. The highest BCUT2D eigenvalue weighted by Crippen LogP contribution is 2.29. The Morgan fingerprint density at radius 3 is 2.92 bits per heavy atom. The Hall–Kier alpha value is 0.00494. The van der Waals surface area contributed by atoms with Crippen LogP contribution in [0.4, 0.5) is 0 Å². The molecule has 0 aliphatic carbocycles. The van der Waals surface area contributed by atoms with Crippen molar-refractivity contribution in [1.29, 1.82) is 0 Å². The summed E-state index contributed by atoms with van der Waals surface area (Å²) >= 11 is 0. The van der Waals surface area contributed by atoms with Crippen molar-refractivity contribution in [3.8, 4) is 0 Å². The number of hydrogen-bond acceptors (Lipinski definition) is 4. The van der Waals surface area contributed by atoms with Gasteiger partial charge in [0.1, 0.15) is 20.1 Å². The van der Waals surface area contributed by atoms with Gasteiger partial charge in [0.25, 0.3) is 0 Å². The second-order valence-corrected chi connectivity index (χ2v) is 3.20. The van der Waals surface area contributed by atoms with Crippen molar-refractivity contribution in [2.75, 3.05) is 6.61 Å². The molecule has 1 heterocycles. The van der Waals surface area contributed by atoms with Crippen molar-refractivity contribution in [1.82, 2.24) is 0 Å². The molecule has 0 saturated carbocycles. The molecule has 2 N–H and O–H groups in total. The molecule has 1 saturated heterocycles. The number of aliphatic hydroxyl groups is 1. The van der Waals surface area contributed by atoms with Crippen LogP contribution in [0.3, 0.4) is 0 Å². The minimum absolute atomic E-state index is 0.262. The molecule has 0 bridgehead atoms. The van der Waals surface area contributed by atoms with Gasteiger partial charge in [-0.15, -0.1) is 9.42 Å². The molecule has 7 heteroatoms. The van der Waals surface area contributed by atoms with Gasteiger partial charge in [-0.1, -0.05) is 0 Å². The van der Waals surface area contributed by atoms with Crippen LogP contribution in [0, 0.1) is 0 Å². The van der Waals surface area contributed by atoms with Crippen LogP contribution < -0.4 is 0 Å². The van der Waals surface area contributed by atoms with Crippen LogP contribution in [0.25, 0.3) is 0 Å². The molecule has 2 radical (unpaired) electrons. The highest BCUT2D eigenvalue weighted by molar-refractivity contribution is 7.32. The van der Waals surface area contributed by atoms with Gasteiger partial charge in [0, 0.05) is 10.6 Å². The largest absolute Gasteiger partial charge is 0.695 e. The van der Waals surface area contributed by atoms with Crippen molar-refractivity contribution in [2.45, 2.75) is 24.6 Å². The third-order valence-electron chi connectivity index (χ3n) is 1.63. The van der Waals surface area contributed by atoms with E-state index >= 15 is 0 Å². The molecule has 1 fully saturated rings. The Morgan fingerprint density at radius 2 is 2.42 bits per heavy atom. The van der Waals surface area contributed by atoms with Crippen LogP contribution in [0.2, 0.25) is 0 Å². The summed E-state index contributed by atoms with van der Waals surface area (Å²) in [6, 6.07) is -0.526. The van der Waals surface area contributed by atoms with E-state index in [1.165, 1.54) is 0 Å². The van der Waals surface area contributed by atoms with Crippen LogP contribution in [-0.2, 0) is 13.8 Å². The molecule has 1 rings (SSSR count). The normalized spacial score (nSPS) is 36.8. The maximum Gasteiger partial charge on any atom is 0.695 e. The number of ether oxygens (including phenoxy) is 1. The molecule has 0 amide bonds. The SMILES string of the molecule is [B]C1CC(O[P+](=O)O)C(CO)O1. The summed E-state index contributed by atoms with van der Waals surface area (Å²) in [5.74, 6) is 0. The summed E-state index contributed by atoms with van der Waals surface area (Å²) in [5, 5.41) is 8.73. The van der Waals surface area contributed by atoms with E-state index in [2.05, 4.69) is 4.52 Å². The second kappa shape index (κ2) is 4.30. The van der Waals surface area contributed by atoms with Crippen molar-refractivity contribution >= 4 is 16.1 Å². The Balaban J connectivity index is 2.46. The third-order valence-corrected chi connectivity index (χ3v) is 2.09. The van der Waals surface area contributed by atoms with Crippen LogP contribution in [-0.4, -0.2) is 42.7 Å². The summed E-state index contributed by atoms with van der Waals surface area (Å²) in [7, 11) is 2.72. The lowest BCUT2D eigenvalue weighted by Gasteiger charge is -2.09. The molecule has 1 aliphatic rings. The van der Waals surface area contributed by atoms with Gasteiger partial charge in [0.15, 0.2) is 0 Å². The predicted molar refractivity (Wildman–Crippen MR) is 40.8 cm³/mol. The van der Waals surface area contributed by atoms with E-state index < -0.39 is 26.5 Å². The minimum Gasteiger partial charge on any atom is -0.394 e. The van der Waals surface area contributed by atoms with Crippen molar-refractivity contribution in [2.24, 2.45) is 0 Å². The minimum atomic E-state index is -2.66. The maximum atomic E-state index is 10.3. The first-order valence-corrected chi connectivity index (χ1v) is 4.61. The highest BCUT2D eigenvalue weighted by atomic mass is 31.1.